The highest BCUT2D eigenvalue weighted by atomic mass is 35.5. The van der Waals surface area contributed by atoms with Crippen LogP contribution in [0, 0.1) is 10.1 Å². The second-order valence-corrected chi connectivity index (χ2v) is 3.97. The van der Waals surface area contributed by atoms with Crippen LogP contribution >= 0.6 is 11.6 Å². The second-order valence-electron chi connectivity index (χ2n) is 3.70. The zero-order chi connectivity index (χ0) is 14.4. The SMILES string of the molecule is CC(=O)Nc1ccc(CNC(=O)CCl)cc1[N+](=O)[O-]. The number of hydrogen-bond donors (Lipinski definition) is 2. The molecule has 1 aromatic carbocycles. The van der Waals surface area contributed by atoms with Crippen LogP contribution in [0.3, 0.4) is 0 Å². The number of nitro groups is 1. The molecule has 0 aliphatic rings. The van der Waals surface area contributed by atoms with Crippen LogP contribution in [0.5, 0.6) is 0 Å². The van der Waals surface area contributed by atoms with E-state index in [1.54, 1.807) is 6.07 Å². The molecule has 0 aliphatic heterocycles. The molecule has 0 saturated heterocycles. The van der Waals surface area contributed by atoms with Gasteiger partial charge in [-0.1, -0.05) is 6.07 Å². The Bertz CT molecular complexity index is 519. The highest BCUT2D eigenvalue weighted by Gasteiger charge is 2.15. The van der Waals surface area contributed by atoms with Gasteiger partial charge in [0, 0.05) is 19.5 Å². The van der Waals surface area contributed by atoms with E-state index in [1.807, 2.05) is 0 Å². The maximum Gasteiger partial charge on any atom is 0.293 e. The van der Waals surface area contributed by atoms with Gasteiger partial charge in [-0.2, -0.15) is 0 Å². The standard InChI is InChI=1S/C11H12ClN3O4/c1-7(16)14-9-3-2-8(4-10(9)15(18)19)6-13-11(17)5-12/h2-4H,5-6H2,1H3,(H,13,17)(H,14,16). The molecule has 0 unspecified atom stereocenters. The van der Waals surface area contributed by atoms with Gasteiger partial charge in [-0.05, 0) is 11.6 Å². The first kappa shape index (κ1) is 14.9. The van der Waals surface area contributed by atoms with Crippen molar-refractivity contribution in [2.45, 2.75) is 13.5 Å². The fourth-order valence-electron chi connectivity index (χ4n) is 1.38. The van der Waals surface area contributed by atoms with E-state index in [0.29, 0.717) is 5.56 Å². The number of anilines is 1. The van der Waals surface area contributed by atoms with Crippen molar-refractivity contribution in [3.63, 3.8) is 0 Å². The summed E-state index contributed by atoms with van der Waals surface area (Å²) in [5.41, 5.74) is 0.428. The highest BCUT2D eigenvalue weighted by molar-refractivity contribution is 6.27. The summed E-state index contributed by atoms with van der Waals surface area (Å²) in [6, 6.07) is 4.29. The number of nitro benzene ring substituents is 1. The molecule has 102 valence electrons. The van der Waals surface area contributed by atoms with Crippen molar-refractivity contribution < 1.29 is 14.5 Å². The summed E-state index contributed by atoms with van der Waals surface area (Å²) < 4.78 is 0. The minimum absolute atomic E-state index is 0.116. The Morgan fingerprint density at radius 2 is 2.11 bits per heavy atom. The van der Waals surface area contributed by atoms with Gasteiger partial charge in [-0.25, -0.2) is 0 Å². The van der Waals surface area contributed by atoms with Crippen molar-refractivity contribution >= 4 is 34.8 Å². The van der Waals surface area contributed by atoms with E-state index in [1.165, 1.54) is 19.1 Å². The molecule has 2 amide bonds. The van der Waals surface area contributed by atoms with Gasteiger partial charge in [0.2, 0.25) is 11.8 Å². The van der Waals surface area contributed by atoms with Gasteiger partial charge in [0.25, 0.3) is 5.69 Å². The normalized spacial score (nSPS) is 9.79. The Balaban J connectivity index is 2.92. The Hall–Kier alpha value is -2.15. The third kappa shape index (κ3) is 4.55. The van der Waals surface area contributed by atoms with Crippen LogP contribution in [0.4, 0.5) is 11.4 Å². The third-order valence-electron chi connectivity index (χ3n) is 2.18. The van der Waals surface area contributed by atoms with E-state index in [9.17, 15) is 19.7 Å². The summed E-state index contributed by atoms with van der Waals surface area (Å²) in [5.74, 6) is -0.937. The number of benzene rings is 1. The number of rotatable bonds is 5. The quantitative estimate of drug-likeness (QED) is 0.485. The lowest BCUT2D eigenvalue weighted by Crippen LogP contribution is -2.23. The van der Waals surface area contributed by atoms with Gasteiger partial charge in [-0.15, -0.1) is 11.6 Å². The first-order valence-electron chi connectivity index (χ1n) is 5.31. The van der Waals surface area contributed by atoms with E-state index in [4.69, 9.17) is 11.6 Å². The fourth-order valence-corrected chi connectivity index (χ4v) is 1.48. The molecule has 0 radical (unpaired) electrons. The summed E-state index contributed by atoms with van der Waals surface area (Å²) in [6.45, 7) is 1.39. The van der Waals surface area contributed by atoms with Crippen LogP contribution < -0.4 is 10.6 Å². The number of nitrogens with one attached hydrogen (secondary N) is 2. The predicted octanol–water partition coefficient (Wildman–Crippen LogP) is 1.41. The predicted molar refractivity (Wildman–Crippen MR) is 70.0 cm³/mol. The number of carbonyl (C=O) groups is 2. The molecule has 19 heavy (non-hydrogen) atoms. The number of carbonyl (C=O) groups excluding carboxylic acids is 2. The van der Waals surface area contributed by atoms with Crippen LogP contribution in [-0.2, 0) is 16.1 Å². The average molecular weight is 286 g/mol. The molecule has 0 saturated carbocycles. The van der Waals surface area contributed by atoms with Crippen molar-refractivity contribution in [3.05, 3.63) is 33.9 Å². The van der Waals surface area contributed by atoms with Crippen LogP contribution in [0.1, 0.15) is 12.5 Å². The van der Waals surface area contributed by atoms with Gasteiger partial charge < -0.3 is 10.6 Å². The van der Waals surface area contributed by atoms with Gasteiger partial charge >= 0.3 is 0 Å². The second kappa shape index (κ2) is 6.69. The van der Waals surface area contributed by atoms with Crippen LogP contribution in [-0.4, -0.2) is 22.6 Å². The number of amides is 2. The molecule has 2 N–H and O–H groups in total. The van der Waals surface area contributed by atoms with E-state index < -0.39 is 10.8 Å². The monoisotopic (exact) mass is 285 g/mol. The van der Waals surface area contributed by atoms with Crippen molar-refractivity contribution in [3.8, 4) is 0 Å². The van der Waals surface area contributed by atoms with Crippen LogP contribution in [0.15, 0.2) is 18.2 Å². The fraction of sp³-hybridized carbons (Fsp3) is 0.273. The molecule has 0 spiro atoms. The summed E-state index contributed by atoms with van der Waals surface area (Å²) in [5, 5.41) is 15.8. The lowest BCUT2D eigenvalue weighted by atomic mass is 10.1. The van der Waals surface area contributed by atoms with Crippen LogP contribution in [0.2, 0.25) is 0 Å². The van der Waals surface area contributed by atoms with Crippen LogP contribution in [0.25, 0.3) is 0 Å². The maximum absolute atomic E-state index is 11.0. The minimum atomic E-state index is -0.599. The molecule has 0 bridgehead atoms. The van der Waals surface area contributed by atoms with E-state index in [2.05, 4.69) is 10.6 Å². The van der Waals surface area contributed by atoms with Gasteiger partial charge in [0.1, 0.15) is 11.6 Å². The molecule has 8 heteroatoms. The molecule has 0 aliphatic carbocycles. The zero-order valence-electron chi connectivity index (χ0n) is 10.1. The maximum atomic E-state index is 11.0. The van der Waals surface area contributed by atoms with Gasteiger partial charge in [-0.3, -0.25) is 19.7 Å². The van der Waals surface area contributed by atoms with Gasteiger partial charge in [0.15, 0.2) is 0 Å². The Morgan fingerprint density at radius 1 is 1.42 bits per heavy atom. The topological polar surface area (TPSA) is 101 Å². The summed E-state index contributed by atoms with van der Waals surface area (Å²) >= 11 is 5.31. The lowest BCUT2D eigenvalue weighted by Gasteiger charge is -2.07. The Labute approximate surface area is 114 Å². The zero-order valence-corrected chi connectivity index (χ0v) is 10.9. The summed E-state index contributed by atoms with van der Waals surface area (Å²) in [7, 11) is 0. The van der Waals surface area contributed by atoms with Crippen molar-refractivity contribution in [2.24, 2.45) is 0 Å². The summed E-state index contributed by atoms with van der Waals surface area (Å²) in [6.07, 6.45) is 0. The smallest absolute Gasteiger partial charge is 0.293 e. The number of alkyl halides is 1. The summed E-state index contributed by atoms with van der Waals surface area (Å²) in [4.78, 5) is 32.2. The Morgan fingerprint density at radius 3 is 2.63 bits per heavy atom. The van der Waals surface area contributed by atoms with Gasteiger partial charge in [0.05, 0.1) is 4.92 Å². The molecule has 0 atom stereocenters. The molecule has 7 nitrogen and oxygen atoms in total. The highest BCUT2D eigenvalue weighted by Crippen LogP contribution is 2.25. The van der Waals surface area contributed by atoms with E-state index in [-0.39, 0.29) is 29.7 Å². The van der Waals surface area contributed by atoms with Crippen molar-refractivity contribution in [1.82, 2.24) is 5.32 Å². The third-order valence-corrected chi connectivity index (χ3v) is 2.42. The molecule has 0 heterocycles. The molecular formula is C11H12ClN3O4. The lowest BCUT2D eigenvalue weighted by molar-refractivity contribution is -0.384. The first-order chi connectivity index (χ1) is 8.93. The van der Waals surface area contributed by atoms with Crippen molar-refractivity contribution in [1.29, 1.82) is 0 Å². The number of nitrogens with zero attached hydrogens (tertiary/aromatic N) is 1. The molecule has 1 aromatic rings. The van der Waals surface area contributed by atoms with Crippen molar-refractivity contribution in [2.75, 3.05) is 11.2 Å². The van der Waals surface area contributed by atoms with E-state index in [0.717, 1.165) is 0 Å². The minimum Gasteiger partial charge on any atom is -0.351 e. The average Bonchev–Trinajstić information content (AvgIpc) is 2.36. The molecule has 0 fully saturated rings. The van der Waals surface area contributed by atoms with E-state index >= 15 is 0 Å². The number of hydrogen-bond acceptors (Lipinski definition) is 4. The molecular weight excluding hydrogens is 274 g/mol. The largest absolute Gasteiger partial charge is 0.351 e. The number of halogens is 1. The Kier molecular flexibility index (Phi) is 5.25. The molecule has 1 rings (SSSR count). The molecule has 0 aromatic heterocycles. The first-order valence-corrected chi connectivity index (χ1v) is 5.85.